The molecule has 1 nitrogen and oxygen atoms in total. The first kappa shape index (κ1) is 13.4. The Morgan fingerprint density at radius 2 is 2.31 bits per heavy atom. The predicted molar refractivity (Wildman–Crippen MR) is 69.3 cm³/mol. The van der Waals surface area contributed by atoms with Gasteiger partial charge in [0.25, 0.3) is 0 Å². The fourth-order valence-electron chi connectivity index (χ4n) is 1.18. The summed E-state index contributed by atoms with van der Waals surface area (Å²) in [5, 5.41) is 3.78. The summed E-state index contributed by atoms with van der Waals surface area (Å²) in [5.41, 5.74) is 0.781. The Hall–Kier alpha value is -0.690. The van der Waals surface area contributed by atoms with Gasteiger partial charge in [-0.15, -0.1) is 18.2 Å². The number of hydrogen-bond donors (Lipinski definition) is 1. The fraction of sp³-hybridized carbons (Fsp3) is 0.333. The highest BCUT2D eigenvalue weighted by molar-refractivity contribution is 7.99. The highest BCUT2D eigenvalue weighted by Gasteiger charge is 2.01. The van der Waals surface area contributed by atoms with Gasteiger partial charge in [-0.25, -0.2) is 4.39 Å². The van der Waals surface area contributed by atoms with E-state index in [0.717, 1.165) is 23.6 Å². The van der Waals surface area contributed by atoms with Crippen molar-refractivity contribution in [3.05, 3.63) is 34.6 Å². The highest BCUT2D eigenvalue weighted by atomic mass is 35.5. The number of rotatable bonds is 6. The van der Waals surface area contributed by atoms with E-state index >= 15 is 0 Å². The van der Waals surface area contributed by atoms with E-state index in [2.05, 4.69) is 11.2 Å². The molecule has 1 N–H and O–H groups in total. The molecule has 0 amide bonds. The van der Waals surface area contributed by atoms with Gasteiger partial charge in [0.05, 0.1) is 5.75 Å². The fourth-order valence-corrected chi connectivity index (χ4v) is 1.91. The van der Waals surface area contributed by atoms with E-state index in [1.165, 1.54) is 12.1 Å². The first-order chi connectivity index (χ1) is 7.74. The van der Waals surface area contributed by atoms with Crippen LogP contribution in [0.15, 0.2) is 18.2 Å². The molecule has 0 fully saturated rings. The minimum Gasteiger partial charge on any atom is -0.312 e. The molecular weight excluding hydrogens is 245 g/mol. The Labute approximate surface area is 105 Å². The molecule has 1 aromatic carbocycles. The van der Waals surface area contributed by atoms with Crippen molar-refractivity contribution in [2.45, 2.75) is 6.54 Å². The molecule has 0 atom stereocenters. The van der Waals surface area contributed by atoms with Gasteiger partial charge < -0.3 is 5.32 Å². The van der Waals surface area contributed by atoms with Crippen molar-refractivity contribution in [1.82, 2.24) is 5.32 Å². The minimum atomic E-state index is -0.261. The summed E-state index contributed by atoms with van der Waals surface area (Å²) in [6.07, 6.45) is 5.12. The molecule has 0 unspecified atom stereocenters. The van der Waals surface area contributed by atoms with Gasteiger partial charge in [0.15, 0.2) is 0 Å². The zero-order chi connectivity index (χ0) is 11.8. The summed E-state index contributed by atoms with van der Waals surface area (Å²) in [7, 11) is 0. The van der Waals surface area contributed by atoms with E-state index in [-0.39, 0.29) is 5.82 Å². The summed E-state index contributed by atoms with van der Waals surface area (Å²) < 4.78 is 12.9. The lowest BCUT2D eigenvalue weighted by Gasteiger charge is -2.06. The Kier molecular flexibility index (Phi) is 6.32. The number of halogens is 2. The molecule has 0 spiro atoms. The van der Waals surface area contributed by atoms with Gasteiger partial charge in [-0.2, -0.15) is 0 Å². The molecule has 0 saturated carbocycles. The van der Waals surface area contributed by atoms with Gasteiger partial charge in [0.1, 0.15) is 5.82 Å². The first-order valence-corrected chi connectivity index (χ1v) is 6.43. The van der Waals surface area contributed by atoms with Crippen LogP contribution in [0, 0.1) is 18.2 Å². The van der Waals surface area contributed by atoms with Crippen molar-refractivity contribution >= 4 is 23.4 Å². The van der Waals surface area contributed by atoms with Crippen molar-refractivity contribution in [2.24, 2.45) is 0 Å². The molecule has 1 rings (SSSR count). The SMILES string of the molecule is C#CCSCCNCc1cc(F)ccc1Cl. The summed E-state index contributed by atoms with van der Waals surface area (Å²) >= 11 is 7.61. The van der Waals surface area contributed by atoms with E-state index in [1.54, 1.807) is 17.8 Å². The Morgan fingerprint density at radius 1 is 1.50 bits per heavy atom. The summed E-state index contributed by atoms with van der Waals surface area (Å²) in [6, 6.07) is 4.37. The molecule has 0 radical (unpaired) electrons. The molecule has 86 valence electrons. The molecule has 1 aromatic rings. The molecule has 0 saturated heterocycles. The quantitative estimate of drug-likeness (QED) is 0.621. The Morgan fingerprint density at radius 3 is 3.06 bits per heavy atom. The topological polar surface area (TPSA) is 12.0 Å². The van der Waals surface area contributed by atoms with Crippen molar-refractivity contribution in [3.8, 4) is 12.3 Å². The van der Waals surface area contributed by atoms with Gasteiger partial charge in [-0.05, 0) is 23.8 Å². The van der Waals surface area contributed by atoms with Crippen molar-refractivity contribution < 1.29 is 4.39 Å². The molecule has 16 heavy (non-hydrogen) atoms. The van der Waals surface area contributed by atoms with Gasteiger partial charge in [0, 0.05) is 23.9 Å². The second-order valence-electron chi connectivity index (χ2n) is 3.17. The molecule has 0 bridgehead atoms. The van der Waals surface area contributed by atoms with Crippen LogP contribution in [-0.4, -0.2) is 18.1 Å². The van der Waals surface area contributed by atoms with Crippen LogP contribution in [0.2, 0.25) is 5.02 Å². The molecule has 0 heterocycles. The summed E-state index contributed by atoms with van der Waals surface area (Å²) in [4.78, 5) is 0. The van der Waals surface area contributed by atoms with Crippen molar-refractivity contribution in [2.75, 3.05) is 18.1 Å². The molecule has 0 aromatic heterocycles. The number of terminal acetylenes is 1. The molecule has 0 aliphatic rings. The molecule has 0 aliphatic heterocycles. The van der Waals surface area contributed by atoms with E-state index in [1.807, 2.05) is 0 Å². The maximum absolute atomic E-state index is 12.9. The zero-order valence-corrected chi connectivity index (χ0v) is 10.4. The average molecular weight is 258 g/mol. The van der Waals surface area contributed by atoms with Crippen LogP contribution >= 0.6 is 23.4 Å². The van der Waals surface area contributed by atoms with Crippen molar-refractivity contribution in [3.63, 3.8) is 0 Å². The van der Waals surface area contributed by atoms with Crippen LogP contribution in [0.5, 0.6) is 0 Å². The van der Waals surface area contributed by atoms with Crippen molar-refractivity contribution in [1.29, 1.82) is 0 Å². The predicted octanol–water partition coefficient (Wildman–Crippen LogP) is 2.94. The summed E-state index contributed by atoms with van der Waals surface area (Å²) in [6.45, 7) is 1.41. The monoisotopic (exact) mass is 257 g/mol. The zero-order valence-electron chi connectivity index (χ0n) is 8.80. The standard InChI is InChI=1S/C12H13ClFNS/c1-2-6-16-7-5-15-9-10-8-11(14)3-4-12(10)13/h1,3-4,8,15H,5-7,9H2. The second kappa shape index (κ2) is 7.56. The normalized spacial score (nSPS) is 10.1. The van der Waals surface area contributed by atoms with Crippen LogP contribution < -0.4 is 5.32 Å². The number of nitrogens with one attached hydrogen (secondary N) is 1. The van der Waals surface area contributed by atoms with E-state index in [4.69, 9.17) is 18.0 Å². The molecular formula is C12H13ClFNS. The van der Waals surface area contributed by atoms with E-state index in [9.17, 15) is 4.39 Å². The summed E-state index contributed by atoms with van der Waals surface area (Å²) in [5.74, 6) is 3.96. The van der Waals surface area contributed by atoms with Crippen LogP contribution in [0.3, 0.4) is 0 Å². The largest absolute Gasteiger partial charge is 0.312 e. The van der Waals surface area contributed by atoms with Gasteiger partial charge >= 0.3 is 0 Å². The van der Waals surface area contributed by atoms with Crippen LogP contribution in [0.4, 0.5) is 4.39 Å². The Bertz CT molecular complexity index is 376. The maximum Gasteiger partial charge on any atom is 0.123 e. The lowest BCUT2D eigenvalue weighted by molar-refractivity contribution is 0.622. The third-order valence-corrected chi connectivity index (χ3v) is 3.16. The lowest BCUT2D eigenvalue weighted by Crippen LogP contribution is -2.17. The molecule has 4 heteroatoms. The third-order valence-electron chi connectivity index (χ3n) is 1.93. The number of benzene rings is 1. The smallest absolute Gasteiger partial charge is 0.123 e. The Balaban J connectivity index is 2.27. The minimum absolute atomic E-state index is 0.261. The number of thioether (sulfide) groups is 1. The van der Waals surface area contributed by atoms with E-state index < -0.39 is 0 Å². The first-order valence-electron chi connectivity index (χ1n) is 4.90. The average Bonchev–Trinajstić information content (AvgIpc) is 2.28. The highest BCUT2D eigenvalue weighted by Crippen LogP contribution is 2.16. The second-order valence-corrected chi connectivity index (χ2v) is 4.68. The maximum atomic E-state index is 12.9. The number of hydrogen-bond acceptors (Lipinski definition) is 2. The molecule has 0 aliphatic carbocycles. The van der Waals surface area contributed by atoms with Gasteiger partial charge in [0.2, 0.25) is 0 Å². The van der Waals surface area contributed by atoms with Crippen LogP contribution in [0.25, 0.3) is 0 Å². The van der Waals surface area contributed by atoms with Gasteiger partial charge in [-0.3, -0.25) is 0 Å². The van der Waals surface area contributed by atoms with Gasteiger partial charge in [-0.1, -0.05) is 17.5 Å². The lowest BCUT2D eigenvalue weighted by atomic mass is 10.2. The van der Waals surface area contributed by atoms with Crippen LogP contribution in [0.1, 0.15) is 5.56 Å². The van der Waals surface area contributed by atoms with Crippen LogP contribution in [-0.2, 0) is 6.54 Å². The third kappa shape index (κ3) is 4.89. The van der Waals surface area contributed by atoms with E-state index in [0.29, 0.717) is 11.6 Å².